The molecule has 7 heteroatoms. The van der Waals surface area contributed by atoms with Crippen molar-refractivity contribution in [1.82, 2.24) is 4.98 Å². The van der Waals surface area contributed by atoms with Crippen LogP contribution in [0.25, 0.3) is 0 Å². The molecule has 0 atom stereocenters. The third kappa shape index (κ3) is 4.31. The van der Waals surface area contributed by atoms with E-state index in [0.29, 0.717) is 21.4 Å². The molecule has 0 aliphatic rings. The van der Waals surface area contributed by atoms with Crippen molar-refractivity contribution in [2.75, 3.05) is 10.6 Å². The van der Waals surface area contributed by atoms with Gasteiger partial charge in [-0.3, -0.25) is 14.6 Å². The Morgan fingerprint density at radius 3 is 2.35 bits per heavy atom. The summed E-state index contributed by atoms with van der Waals surface area (Å²) in [7, 11) is 0. The summed E-state index contributed by atoms with van der Waals surface area (Å²) >= 11 is 3.14. The molecule has 3 rings (SSSR count). The Labute approximate surface area is 157 Å². The molecule has 0 aliphatic carbocycles. The number of carbonyl (C=O) groups excluding carboxylic acids is 2. The zero-order valence-electron chi connectivity index (χ0n) is 13.4. The van der Waals surface area contributed by atoms with E-state index in [0.717, 1.165) is 0 Å². The molecular weight excluding hydrogens is 401 g/mol. The molecule has 0 bridgehead atoms. The summed E-state index contributed by atoms with van der Waals surface area (Å²) in [5.74, 6) is -1.56. The number of anilines is 2. The average molecular weight is 414 g/mol. The van der Waals surface area contributed by atoms with Gasteiger partial charge in [-0.25, -0.2) is 4.39 Å². The van der Waals surface area contributed by atoms with Crippen LogP contribution in [0.1, 0.15) is 20.7 Å². The number of amides is 2. The molecule has 0 saturated carbocycles. The first-order valence-electron chi connectivity index (χ1n) is 7.61. The van der Waals surface area contributed by atoms with E-state index in [1.807, 2.05) is 0 Å². The van der Waals surface area contributed by atoms with Crippen LogP contribution in [0.15, 0.2) is 71.5 Å². The summed E-state index contributed by atoms with van der Waals surface area (Å²) in [5, 5.41) is 5.32. The smallest absolute Gasteiger partial charge is 0.258 e. The van der Waals surface area contributed by atoms with Crippen LogP contribution < -0.4 is 10.6 Å². The van der Waals surface area contributed by atoms with Gasteiger partial charge in [0.2, 0.25) is 0 Å². The number of halogens is 2. The zero-order valence-corrected chi connectivity index (χ0v) is 15.0. The van der Waals surface area contributed by atoms with Crippen molar-refractivity contribution in [2.24, 2.45) is 0 Å². The lowest BCUT2D eigenvalue weighted by Crippen LogP contribution is -2.15. The Kier molecular flexibility index (Phi) is 5.38. The highest BCUT2D eigenvalue weighted by Gasteiger charge is 2.13. The molecule has 0 spiro atoms. The molecule has 0 aliphatic heterocycles. The minimum Gasteiger partial charge on any atom is -0.322 e. The van der Waals surface area contributed by atoms with Crippen LogP contribution in [-0.4, -0.2) is 16.8 Å². The molecule has 0 fully saturated rings. The van der Waals surface area contributed by atoms with E-state index in [9.17, 15) is 14.0 Å². The second-order valence-electron chi connectivity index (χ2n) is 5.35. The van der Waals surface area contributed by atoms with Crippen molar-refractivity contribution in [3.8, 4) is 0 Å². The summed E-state index contributed by atoms with van der Waals surface area (Å²) in [5.41, 5.74) is 1.27. The monoisotopic (exact) mass is 413 g/mol. The normalized spacial score (nSPS) is 10.2. The van der Waals surface area contributed by atoms with Crippen molar-refractivity contribution < 1.29 is 14.0 Å². The molecule has 1 aromatic heterocycles. The fourth-order valence-electron chi connectivity index (χ4n) is 2.25. The SMILES string of the molecule is O=C(Nc1ccncc1)c1cccc(NC(=O)c2ccc(Br)cc2F)c1. The van der Waals surface area contributed by atoms with Crippen LogP contribution in [0.2, 0.25) is 0 Å². The number of pyridine rings is 1. The number of aromatic nitrogens is 1. The largest absolute Gasteiger partial charge is 0.322 e. The number of carbonyl (C=O) groups is 2. The van der Waals surface area contributed by atoms with Gasteiger partial charge in [0.1, 0.15) is 5.82 Å². The van der Waals surface area contributed by atoms with Gasteiger partial charge in [0, 0.05) is 33.8 Å². The maximum atomic E-state index is 13.9. The number of rotatable bonds is 4. The standard InChI is InChI=1S/C19H13BrFN3O2/c20-13-4-5-16(17(21)11-13)19(26)24-15-3-1-2-12(10-15)18(25)23-14-6-8-22-9-7-14/h1-11H,(H,24,26)(H,22,23,25). The number of nitrogens with one attached hydrogen (secondary N) is 2. The van der Waals surface area contributed by atoms with E-state index in [1.165, 1.54) is 18.2 Å². The molecule has 1 heterocycles. The fraction of sp³-hybridized carbons (Fsp3) is 0. The number of hydrogen-bond acceptors (Lipinski definition) is 3. The van der Waals surface area contributed by atoms with Crippen molar-refractivity contribution in [2.45, 2.75) is 0 Å². The van der Waals surface area contributed by atoms with Crippen LogP contribution in [0, 0.1) is 5.82 Å². The first-order valence-corrected chi connectivity index (χ1v) is 8.40. The summed E-state index contributed by atoms with van der Waals surface area (Å²) in [6, 6.07) is 13.9. The summed E-state index contributed by atoms with van der Waals surface area (Å²) in [6.45, 7) is 0. The molecule has 0 unspecified atom stereocenters. The fourth-order valence-corrected chi connectivity index (χ4v) is 2.58. The summed E-state index contributed by atoms with van der Waals surface area (Å²) in [4.78, 5) is 28.4. The third-order valence-electron chi connectivity index (χ3n) is 3.50. The van der Waals surface area contributed by atoms with E-state index >= 15 is 0 Å². The van der Waals surface area contributed by atoms with Gasteiger partial charge >= 0.3 is 0 Å². The predicted molar refractivity (Wildman–Crippen MR) is 101 cm³/mol. The zero-order chi connectivity index (χ0) is 18.5. The molecule has 2 aromatic carbocycles. The molecule has 3 aromatic rings. The molecule has 2 N–H and O–H groups in total. The molecule has 0 radical (unpaired) electrons. The Bertz CT molecular complexity index is 964. The number of nitrogens with zero attached hydrogens (tertiary/aromatic N) is 1. The second kappa shape index (κ2) is 7.88. The quantitative estimate of drug-likeness (QED) is 0.661. The van der Waals surface area contributed by atoms with E-state index < -0.39 is 11.7 Å². The third-order valence-corrected chi connectivity index (χ3v) is 3.99. The minimum absolute atomic E-state index is 0.0835. The average Bonchev–Trinajstić information content (AvgIpc) is 2.62. The van der Waals surface area contributed by atoms with Gasteiger partial charge in [-0.1, -0.05) is 22.0 Å². The number of hydrogen-bond donors (Lipinski definition) is 2. The summed E-state index contributed by atoms with van der Waals surface area (Å²) in [6.07, 6.45) is 3.14. The van der Waals surface area contributed by atoms with E-state index in [2.05, 4.69) is 31.5 Å². The van der Waals surface area contributed by atoms with Crippen molar-refractivity contribution >= 4 is 39.1 Å². The van der Waals surface area contributed by atoms with Gasteiger partial charge in [0.25, 0.3) is 11.8 Å². The van der Waals surface area contributed by atoms with Crippen molar-refractivity contribution in [1.29, 1.82) is 0 Å². The van der Waals surface area contributed by atoms with Gasteiger partial charge in [-0.05, 0) is 48.5 Å². The Balaban J connectivity index is 1.74. The van der Waals surface area contributed by atoms with Gasteiger partial charge in [-0.15, -0.1) is 0 Å². The lowest BCUT2D eigenvalue weighted by molar-refractivity contribution is 0.101. The molecule has 130 valence electrons. The Hall–Kier alpha value is -3.06. The van der Waals surface area contributed by atoms with E-state index in [4.69, 9.17) is 0 Å². The molecule has 5 nitrogen and oxygen atoms in total. The molecular formula is C19H13BrFN3O2. The van der Waals surface area contributed by atoms with Crippen LogP contribution in [-0.2, 0) is 0 Å². The van der Waals surface area contributed by atoms with Gasteiger partial charge in [0.15, 0.2) is 0 Å². The Morgan fingerprint density at radius 1 is 0.885 bits per heavy atom. The van der Waals surface area contributed by atoms with E-state index in [1.54, 1.807) is 48.8 Å². The van der Waals surface area contributed by atoms with Crippen LogP contribution >= 0.6 is 15.9 Å². The van der Waals surface area contributed by atoms with Crippen LogP contribution in [0.4, 0.5) is 15.8 Å². The lowest BCUT2D eigenvalue weighted by Gasteiger charge is -2.09. The van der Waals surface area contributed by atoms with Gasteiger partial charge in [-0.2, -0.15) is 0 Å². The molecule has 26 heavy (non-hydrogen) atoms. The highest BCUT2D eigenvalue weighted by molar-refractivity contribution is 9.10. The van der Waals surface area contributed by atoms with Crippen LogP contribution in [0.3, 0.4) is 0 Å². The van der Waals surface area contributed by atoms with Gasteiger partial charge in [0.05, 0.1) is 5.56 Å². The molecule has 2 amide bonds. The topological polar surface area (TPSA) is 71.1 Å². The second-order valence-corrected chi connectivity index (χ2v) is 6.26. The van der Waals surface area contributed by atoms with Crippen LogP contribution in [0.5, 0.6) is 0 Å². The summed E-state index contributed by atoms with van der Waals surface area (Å²) < 4.78 is 14.4. The van der Waals surface area contributed by atoms with E-state index in [-0.39, 0.29) is 11.5 Å². The minimum atomic E-state index is -0.636. The molecule has 0 saturated heterocycles. The maximum Gasteiger partial charge on any atom is 0.258 e. The Morgan fingerprint density at radius 2 is 1.62 bits per heavy atom. The van der Waals surface area contributed by atoms with Gasteiger partial charge < -0.3 is 10.6 Å². The van der Waals surface area contributed by atoms with Crippen molar-refractivity contribution in [3.05, 3.63) is 88.4 Å². The first-order chi connectivity index (χ1) is 12.5. The first kappa shape index (κ1) is 17.8. The van der Waals surface area contributed by atoms with Crippen molar-refractivity contribution in [3.63, 3.8) is 0 Å². The highest BCUT2D eigenvalue weighted by Crippen LogP contribution is 2.18. The lowest BCUT2D eigenvalue weighted by atomic mass is 10.1. The number of benzene rings is 2. The highest BCUT2D eigenvalue weighted by atomic mass is 79.9. The predicted octanol–water partition coefficient (Wildman–Crippen LogP) is 4.49. The maximum absolute atomic E-state index is 13.9.